The van der Waals surface area contributed by atoms with Crippen LogP contribution in [-0.2, 0) is 32.5 Å². The molecular weight excluding hydrogens is 602 g/mol. The Kier molecular flexibility index (Phi) is 9.72. The first-order chi connectivity index (χ1) is 21.0. The first-order valence-electron chi connectivity index (χ1n) is 14.7. The normalized spacial score (nSPS) is 21.9. The maximum Gasteiger partial charge on any atom is 0.307 e. The number of hydrogen-bond acceptors (Lipinski definition) is 5. The zero-order valence-corrected chi connectivity index (χ0v) is 26.0. The molecule has 0 bridgehead atoms. The van der Waals surface area contributed by atoms with Crippen LogP contribution < -0.4 is 10.0 Å². The Morgan fingerprint density at radius 3 is 2.41 bits per heavy atom. The zero-order chi connectivity index (χ0) is 31.4. The van der Waals surface area contributed by atoms with Gasteiger partial charge in [-0.2, -0.15) is 0 Å². The number of rotatable bonds is 10. The number of nitrogens with zero attached hydrogens (tertiary/aromatic N) is 1. The van der Waals surface area contributed by atoms with E-state index in [9.17, 15) is 22.8 Å². The van der Waals surface area contributed by atoms with E-state index in [4.69, 9.17) is 16.7 Å². The Morgan fingerprint density at radius 1 is 0.977 bits per heavy atom. The van der Waals surface area contributed by atoms with Crippen molar-refractivity contribution in [3.05, 3.63) is 106 Å². The Labute approximate surface area is 262 Å². The Bertz CT molecular complexity index is 1650. The zero-order valence-electron chi connectivity index (χ0n) is 24.4. The van der Waals surface area contributed by atoms with E-state index >= 15 is 0 Å². The third kappa shape index (κ3) is 7.31. The molecule has 1 aliphatic heterocycles. The number of carboxylic acid groups (broad SMARTS) is 1. The quantitative estimate of drug-likeness (QED) is 0.301. The van der Waals surface area contributed by atoms with Gasteiger partial charge in [-0.25, -0.2) is 13.1 Å². The lowest BCUT2D eigenvalue weighted by atomic mass is 9.76. The van der Waals surface area contributed by atoms with Gasteiger partial charge < -0.3 is 15.3 Å². The molecule has 4 atom stereocenters. The molecule has 0 saturated heterocycles. The molecule has 2 aliphatic rings. The molecule has 232 valence electrons. The molecule has 1 fully saturated rings. The number of nitrogens with one attached hydrogen (secondary N) is 2. The summed E-state index contributed by atoms with van der Waals surface area (Å²) in [5.41, 5.74) is 3.34. The SMILES string of the molecule is CS(=O)(=O)N[C@H]1CCCC[C@@H]1N1C(=O)c2ccccc2[C@@H](C(=O)NCCc2cccc(CC(=O)O)c2)[C@@H]1c1ccc(Cl)cc1. The molecule has 0 radical (unpaired) electrons. The third-order valence-corrected chi connectivity index (χ3v) is 9.36. The van der Waals surface area contributed by atoms with Crippen LogP contribution in [0.15, 0.2) is 72.8 Å². The maximum atomic E-state index is 14.3. The summed E-state index contributed by atoms with van der Waals surface area (Å²) in [5.74, 6) is -2.19. The predicted octanol–water partition coefficient (Wildman–Crippen LogP) is 4.47. The van der Waals surface area contributed by atoms with E-state index in [1.807, 2.05) is 30.3 Å². The van der Waals surface area contributed by atoms with E-state index in [0.29, 0.717) is 47.5 Å². The summed E-state index contributed by atoms with van der Waals surface area (Å²) in [7, 11) is -3.56. The Morgan fingerprint density at radius 2 is 1.68 bits per heavy atom. The van der Waals surface area contributed by atoms with Gasteiger partial charge in [-0.05, 0) is 59.7 Å². The highest BCUT2D eigenvalue weighted by molar-refractivity contribution is 7.88. The second-order valence-electron chi connectivity index (χ2n) is 11.6. The van der Waals surface area contributed by atoms with Crippen LogP contribution in [0.5, 0.6) is 0 Å². The van der Waals surface area contributed by atoms with Gasteiger partial charge in [-0.3, -0.25) is 14.4 Å². The van der Waals surface area contributed by atoms with Crippen LogP contribution in [0, 0.1) is 0 Å². The molecule has 1 saturated carbocycles. The van der Waals surface area contributed by atoms with Crippen molar-refractivity contribution in [3.8, 4) is 0 Å². The van der Waals surface area contributed by atoms with Gasteiger partial charge in [0.15, 0.2) is 0 Å². The van der Waals surface area contributed by atoms with E-state index in [2.05, 4.69) is 10.0 Å². The number of carbonyl (C=O) groups is 3. The van der Waals surface area contributed by atoms with Crippen LogP contribution >= 0.6 is 11.6 Å². The van der Waals surface area contributed by atoms with Crippen molar-refractivity contribution in [1.29, 1.82) is 0 Å². The summed E-state index contributed by atoms with van der Waals surface area (Å²) < 4.78 is 27.5. The molecule has 44 heavy (non-hydrogen) atoms. The molecule has 0 aromatic heterocycles. The standard InChI is InChI=1S/C33H36ClN3O6S/c1-44(42,43)36-27-11-4-5-12-28(27)37-31(23-13-15-24(34)16-14-23)30(25-9-2-3-10-26(25)33(37)41)32(40)35-18-17-21-7-6-8-22(19-21)20-29(38)39/h2-3,6-10,13-16,19,27-28,30-31,36H,4-5,11-12,17-18,20H2,1H3,(H,35,40)(H,38,39)/t27-,28-,30+,31-/m0/s1. The molecule has 3 aromatic rings. The van der Waals surface area contributed by atoms with Crippen molar-refractivity contribution >= 4 is 39.4 Å². The monoisotopic (exact) mass is 637 g/mol. The molecule has 1 heterocycles. The van der Waals surface area contributed by atoms with Crippen molar-refractivity contribution in [3.63, 3.8) is 0 Å². The molecule has 9 nitrogen and oxygen atoms in total. The lowest BCUT2D eigenvalue weighted by molar-refractivity contribution is -0.136. The Balaban J connectivity index is 1.51. The number of aliphatic carboxylic acids is 1. The van der Waals surface area contributed by atoms with E-state index < -0.39 is 40.0 Å². The average molecular weight is 638 g/mol. The van der Waals surface area contributed by atoms with Crippen molar-refractivity contribution in [2.75, 3.05) is 12.8 Å². The van der Waals surface area contributed by atoms with Crippen LogP contribution in [0.1, 0.15) is 70.3 Å². The van der Waals surface area contributed by atoms with Gasteiger partial charge in [0.25, 0.3) is 5.91 Å². The number of sulfonamides is 1. The summed E-state index contributed by atoms with van der Waals surface area (Å²) in [6.45, 7) is 0.303. The van der Waals surface area contributed by atoms with E-state index in [1.165, 1.54) is 0 Å². The molecule has 1 aliphatic carbocycles. The largest absolute Gasteiger partial charge is 0.481 e. The minimum atomic E-state index is -3.56. The lowest BCUT2D eigenvalue weighted by Gasteiger charge is -2.49. The summed E-state index contributed by atoms with van der Waals surface area (Å²) in [6, 6.07) is 19.8. The van der Waals surface area contributed by atoms with Gasteiger partial charge in [0.05, 0.1) is 24.6 Å². The number of amides is 2. The maximum absolute atomic E-state index is 14.3. The lowest BCUT2D eigenvalue weighted by Crippen LogP contribution is -2.59. The van der Waals surface area contributed by atoms with Gasteiger partial charge in [0.1, 0.15) is 0 Å². The molecule has 0 spiro atoms. The second kappa shape index (κ2) is 13.5. The van der Waals surface area contributed by atoms with Crippen molar-refractivity contribution in [1.82, 2.24) is 14.9 Å². The number of hydrogen-bond donors (Lipinski definition) is 3. The van der Waals surface area contributed by atoms with Crippen LogP contribution in [0.4, 0.5) is 0 Å². The van der Waals surface area contributed by atoms with Gasteiger partial charge in [0, 0.05) is 29.2 Å². The molecular formula is C33H36ClN3O6S. The fourth-order valence-electron chi connectivity index (χ4n) is 6.58. The van der Waals surface area contributed by atoms with Gasteiger partial charge in [-0.15, -0.1) is 0 Å². The van der Waals surface area contributed by atoms with Crippen LogP contribution in [0.25, 0.3) is 0 Å². The second-order valence-corrected chi connectivity index (χ2v) is 13.8. The smallest absolute Gasteiger partial charge is 0.307 e. The highest BCUT2D eigenvalue weighted by Crippen LogP contribution is 2.46. The van der Waals surface area contributed by atoms with Crippen LogP contribution in [0.3, 0.4) is 0 Å². The number of carboxylic acids is 1. The summed E-state index contributed by atoms with van der Waals surface area (Å²) in [5, 5.41) is 12.7. The van der Waals surface area contributed by atoms with Gasteiger partial charge in [-0.1, -0.05) is 79.0 Å². The number of carbonyl (C=O) groups excluding carboxylic acids is 2. The fourth-order valence-corrected chi connectivity index (χ4v) is 7.53. The van der Waals surface area contributed by atoms with Gasteiger partial charge in [0.2, 0.25) is 15.9 Å². The average Bonchev–Trinajstić information content (AvgIpc) is 2.97. The third-order valence-electron chi connectivity index (χ3n) is 8.38. The molecule has 3 N–H and O–H groups in total. The summed E-state index contributed by atoms with van der Waals surface area (Å²) >= 11 is 6.24. The van der Waals surface area contributed by atoms with Crippen LogP contribution in [0.2, 0.25) is 5.02 Å². The highest BCUT2D eigenvalue weighted by atomic mass is 35.5. The van der Waals surface area contributed by atoms with Crippen molar-refractivity contribution < 1.29 is 27.9 Å². The van der Waals surface area contributed by atoms with Crippen molar-refractivity contribution in [2.24, 2.45) is 0 Å². The van der Waals surface area contributed by atoms with Crippen LogP contribution in [-0.4, -0.2) is 61.1 Å². The van der Waals surface area contributed by atoms with E-state index in [-0.39, 0.29) is 18.2 Å². The van der Waals surface area contributed by atoms with E-state index in [1.54, 1.807) is 47.4 Å². The topological polar surface area (TPSA) is 133 Å². The Hall–Kier alpha value is -3.73. The van der Waals surface area contributed by atoms with Crippen molar-refractivity contribution in [2.45, 2.75) is 62.6 Å². The molecule has 2 amide bonds. The highest BCUT2D eigenvalue weighted by Gasteiger charge is 2.48. The summed E-state index contributed by atoms with van der Waals surface area (Å²) in [4.78, 5) is 41.4. The first-order valence-corrected chi connectivity index (χ1v) is 17.0. The number of benzene rings is 3. The van der Waals surface area contributed by atoms with E-state index in [0.717, 1.165) is 30.2 Å². The predicted molar refractivity (Wildman–Crippen MR) is 168 cm³/mol. The first kappa shape index (κ1) is 31.7. The summed E-state index contributed by atoms with van der Waals surface area (Å²) in [6.07, 6.45) is 4.35. The number of halogens is 1. The number of fused-ring (bicyclic) bond motifs is 1. The fraction of sp³-hybridized carbons (Fsp3) is 0.364. The molecule has 0 unspecified atom stereocenters. The minimum absolute atomic E-state index is 0.0813. The molecule has 11 heteroatoms. The minimum Gasteiger partial charge on any atom is -0.481 e. The van der Waals surface area contributed by atoms with Gasteiger partial charge >= 0.3 is 5.97 Å². The molecule has 5 rings (SSSR count). The molecule has 3 aromatic carbocycles.